The van der Waals surface area contributed by atoms with Crippen molar-refractivity contribution in [1.82, 2.24) is 4.90 Å². The molecule has 2 N–H and O–H groups in total. The predicted octanol–water partition coefficient (Wildman–Crippen LogP) is 1.99. The number of hydrogen-bond donors (Lipinski definition) is 1. The molecule has 1 aliphatic carbocycles. The molecule has 0 amide bonds. The van der Waals surface area contributed by atoms with Crippen LogP contribution in [0.25, 0.3) is 0 Å². The summed E-state index contributed by atoms with van der Waals surface area (Å²) in [6, 6.07) is 1.63. The fourth-order valence-corrected chi connectivity index (χ4v) is 2.21. The fraction of sp³-hybridized carbons (Fsp3) is 1.00. The maximum absolute atomic E-state index is 6.18. The molecule has 0 saturated heterocycles. The van der Waals surface area contributed by atoms with E-state index in [-0.39, 0.29) is 0 Å². The monoisotopic (exact) mass is 184 g/mol. The molecule has 2 heteroatoms. The Balaban J connectivity index is 2.53. The molecule has 1 rings (SSSR count). The minimum absolute atomic E-state index is 0.398. The van der Waals surface area contributed by atoms with Gasteiger partial charge in [-0.15, -0.1) is 0 Å². The quantitative estimate of drug-likeness (QED) is 0.665. The van der Waals surface area contributed by atoms with Crippen LogP contribution < -0.4 is 5.73 Å². The molecule has 0 aliphatic heterocycles. The Morgan fingerprint density at radius 2 is 1.77 bits per heavy atom. The Morgan fingerprint density at radius 3 is 2.38 bits per heavy atom. The van der Waals surface area contributed by atoms with Crippen LogP contribution in [0.4, 0.5) is 0 Å². The van der Waals surface area contributed by atoms with Crippen LogP contribution >= 0.6 is 0 Å². The summed E-state index contributed by atoms with van der Waals surface area (Å²) in [7, 11) is 2.21. The minimum atomic E-state index is 0.398. The lowest BCUT2D eigenvalue weighted by molar-refractivity contribution is 0.162. The van der Waals surface area contributed by atoms with E-state index in [1.807, 2.05) is 0 Å². The van der Waals surface area contributed by atoms with E-state index >= 15 is 0 Å². The smallest absolute Gasteiger partial charge is 0.0246 e. The summed E-state index contributed by atoms with van der Waals surface area (Å²) in [6.07, 6.45) is 6.55. The van der Waals surface area contributed by atoms with Gasteiger partial charge in [0, 0.05) is 18.1 Å². The molecule has 0 spiro atoms. The van der Waals surface area contributed by atoms with Crippen molar-refractivity contribution < 1.29 is 0 Å². The molecule has 0 aromatic carbocycles. The lowest BCUT2D eigenvalue weighted by atomic mass is 10.0. The first-order valence-corrected chi connectivity index (χ1v) is 5.60. The summed E-state index contributed by atoms with van der Waals surface area (Å²) in [5.74, 6) is 0. The summed E-state index contributed by atoms with van der Waals surface area (Å²) in [5.41, 5.74) is 6.18. The van der Waals surface area contributed by atoms with Gasteiger partial charge >= 0.3 is 0 Å². The molecule has 0 aromatic rings. The van der Waals surface area contributed by atoms with Crippen molar-refractivity contribution in [3.8, 4) is 0 Å². The van der Waals surface area contributed by atoms with E-state index in [0.29, 0.717) is 18.1 Å². The molecule has 1 fully saturated rings. The molecule has 1 aliphatic rings. The van der Waals surface area contributed by atoms with Gasteiger partial charge in [-0.05, 0) is 33.7 Å². The largest absolute Gasteiger partial charge is 0.326 e. The van der Waals surface area contributed by atoms with Gasteiger partial charge in [-0.25, -0.2) is 0 Å². The summed E-state index contributed by atoms with van der Waals surface area (Å²) in [4.78, 5) is 2.44. The Bertz CT molecular complexity index is 145. The second-order valence-corrected chi connectivity index (χ2v) is 4.63. The lowest BCUT2D eigenvalue weighted by Crippen LogP contribution is -2.48. The van der Waals surface area contributed by atoms with Crippen LogP contribution in [-0.4, -0.2) is 30.1 Å². The van der Waals surface area contributed by atoms with Crippen molar-refractivity contribution in [2.45, 2.75) is 64.1 Å². The van der Waals surface area contributed by atoms with E-state index < -0.39 is 0 Å². The van der Waals surface area contributed by atoms with Gasteiger partial charge in [-0.3, -0.25) is 4.90 Å². The van der Waals surface area contributed by atoms with Gasteiger partial charge in [0.05, 0.1) is 0 Å². The summed E-state index contributed by atoms with van der Waals surface area (Å²) in [6.45, 7) is 4.50. The molecule has 13 heavy (non-hydrogen) atoms. The van der Waals surface area contributed by atoms with Crippen LogP contribution in [-0.2, 0) is 0 Å². The highest BCUT2D eigenvalue weighted by molar-refractivity contribution is 4.84. The molecule has 2 nitrogen and oxygen atoms in total. The second kappa shape index (κ2) is 4.97. The van der Waals surface area contributed by atoms with Crippen LogP contribution in [0.3, 0.4) is 0 Å². The van der Waals surface area contributed by atoms with Gasteiger partial charge in [0.25, 0.3) is 0 Å². The standard InChI is InChI=1S/C11H24N2/c1-9(2)13(3)11-8-6-4-5-7-10(11)12/h9-11H,4-8,12H2,1-3H3. The van der Waals surface area contributed by atoms with Crippen molar-refractivity contribution in [2.24, 2.45) is 5.73 Å². The Hall–Kier alpha value is -0.0800. The second-order valence-electron chi connectivity index (χ2n) is 4.63. The van der Waals surface area contributed by atoms with Crippen LogP contribution in [0.2, 0.25) is 0 Å². The van der Waals surface area contributed by atoms with E-state index in [4.69, 9.17) is 5.73 Å². The third-order valence-electron chi connectivity index (χ3n) is 3.37. The van der Waals surface area contributed by atoms with Gasteiger partial charge in [0.2, 0.25) is 0 Å². The molecule has 2 atom stereocenters. The van der Waals surface area contributed by atoms with Crippen molar-refractivity contribution in [3.63, 3.8) is 0 Å². The number of nitrogens with two attached hydrogens (primary N) is 1. The molecule has 0 bridgehead atoms. The predicted molar refractivity (Wildman–Crippen MR) is 57.7 cm³/mol. The maximum atomic E-state index is 6.18. The van der Waals surface area contributed by atoms with Crippen molar-refractivity contribution >= 4 is 0 Å². The van der Waals surface area contributed by atoms with Gasteiger partial charge in [0.15, 0.2) is 0 Å². The third-order valence-corrected chi connectivity index (χ3v) is 3.37. The van der Waals surface area contributed by atoms with Crippen LogP contribution in [0, 0.1) is 0 Å². The lowest BCUT2D eigenvalue weighted by Gasteiger charge is -2.34. The summed E-state index contributed by atoms with van der Waals surface area (Å²) >= 11 is 0. The molecule has 78 valence electrons. The zero-order chi connectivity index (χ0) is 9.84. The highest BCUT2D eigenvalue weighted by Crippen LogP contribution is 2.21. The van der Waals surface area contributed by atoms with E-state index in [0.717, 1.165) is 0 Å². The summed E-state index contributed by atoms with van der Waals surface area (Å²) < 4.78 is 0. The molecule has 0 radical (unpaired) electrons. The highest BCUT2D eigenvalue weighted by Gasteiger charge is 2.25. The first kappa shape index (κ1) is 11.0. The zero-order valence-electron chi connectivity index (χ0n) is 9.29. The first-order valence-electron chi connectivity index (χ1n) is 5.60. The van der Waals surface area contributed by atoms with Crippen molar-refractivity contribution in [1.29, 1.82) is 0 Å². The van der Waals surface area contributed by atoms with E-state index in [1.165, 1.54) is 32.1 Å². The Morgan fingerprint density at radius 1 is 1.15 bits per heavy atom. The number of nitrogens with zero attached hydrogens (tertiary/aromatic N) is 1. The van der Waals surface area contributed by atoms with Crippen LogP contribution in [0.5, 0.6) is 0 Å². The highest BCUT2D eigenvalue weighted by atomic mass is 15.2. The van der Waals surface area contributed by atoms with E-state index in [2.05, 4.69) is 25.8 Å². The SMILES string of the molecule is CC(C)N(C)C1CCCCCC1N. The number of rotatable bonds is 2. The maximum Gasteiger partial charge on any atom is 0.0246 e. The molecule has 0 heterocycles. The van der Waals surface area contributed by atoms with Gasteiger partial charge < -0.3 is 5.73 Å². The van der Waals surface area contributed by atoms with Crippen LogP contribution in [0.15, 0.2) is 0 Å². The van der Waals surface area contributed by atoms with E-state index in [1.54, 1.807) is 0 Å². The molecule has 1 saturated carbocycles. The zero-order valence-corrected chi connectivity index (χ0v) is 9.29. The molecule has 2 unspecified atom stereocenters. The van der Waals surface area contributed by atoms with Crippen LogP contribution in [0.1, 0.15) is 46.0 Å². The Labute approximate surface area is 82.5 Å². The van der Waals surface area contributed by atoms with Gasteiger partial charge in [-0.2, -0.15) is 0 Å². The van der Waals surface area contributed by atoms with Gasteiger partial charge in [0.1, 0.15) is 0 Å². The average Bonchev–Trinajstić information content (AvgIpc) is 2.28. The third kappa shape index (κ3) is 2.96. The van der Waals surface area contributed by atoms with Crippen molar-refractivity contribution in [3.05, 3.63) is 0 Å². The molecule has 0 aromatic heterocycles. The van der Waals surface area contributed by atoms with Gasteiger partial charge in [-0.1, -0.05) is 19.3 Å². The van der Waals surface area contributed by atoms with Crippen molar-refractivity contribution in [2.75, 3.05) is 7.05 Å². The Kier molecular flexibility index (Phi) is 4.20. The summed E-state index contributed by atoms with van der Waals surface area (Å²) in [5, 5.41) is 0. The number of likely N-dealkylation sites (N-methyl/N-ethyl adjacent to an activating group) is 1. The topological polar surface area (TPSA) is 29.3 Å². The molecular formula is C11H24N2. The first-order chi connectivity index (χ1) is 6.13. The average molecular weight is 184 g/mol. The number of hydrogen-bond acceptors (Lipinski definition) is 2. The minimum Gasteiger partial charge on any atom is -0.326 e. The normalized spacial score (nSPS) is 30.9. The molecular weight excluding hydrogens is 160 g/mol. The fourth-order valence-electron chi connectivity index (χ4n) is 2.21. The van der Waals surface area contributed by atoms with E-state index in [9.17, 15) is 0 Å².